The lowest BCUT2D eigenvalue weighted by atomic mass is 10.0. The van der Waals surface area contributed by atoms with Gasteiger partial charge < -0.3 is 11.1 Å². The standard InChI is InChI=1S/C12H14F3N3/c1-11(2,7-17)18-9-3-4-10(12(13,14)15)8(5-9)6-16/h3-5,18H,7,17H2,1-2H3. The van der Waals surface area contributed by atoms with E-state index in [1.165, 1.54) is 12.1 Å². The molecule has 3 nitrogen and oxygen atoms in total. The summed E-state index contributed by atoms with van der Waals surface area (Å²) in [6.45, 7) is 3.95. The molecule has 0 aliphatic heterocycles. The number of rotatable bonds is 3. The average molecular weight is 257 g/mol. The molecule has 6 heteroatoms. The summed E-state index contributed by atoms with van der Waals surface area (Å²) in [6.07, 6.45) is -4.52. The van der Waals surface area contributed by atoms with Crippen molar-refractivity contribution in [2.45, 2.75) is 25.6 Å². The molecule has 0 atom stereocenters. The van der Waals surface area contributed by atoms with E-state index in [9.17, 15) is 13.2 Å². The van der Waals surface area contributed by atoms with E-state index in [0.717, 1.165) is 6.07 Å². The molecule has 0 amide bonds. The van der Waals surface area contributed by atoms with Crippen LogP contribution in [0.15, 0.2) is 18.2 Å². The van der Waals surface area contributed by atoms with Crippen LogP contribution < -0.4 is 11.1 Å². The Hall–Kier alpha value is -1.74. The number of nitrogens with two attached hydrogens (primary N) is 1. The Bertz CT molecular complexity index is 472. The topological polar surface area (TPSA) is 61.8 Å². The van der Waals surface area contributed by atoms with Crippen molar-refractivity contribution in [3.63, 3.8) is 0 Å². The zero-order chi connectivity index (χ0) is 14.0. The summed E-state index contributed by atoms with van der Waals surface area (Å²) in [5, 5.41) is 11.7. The summed E-state index contributed by atoms with van der Waals surface area (Å²) in [7, 11) is 0. The van der Waals surface area contributed by atoms with E-state index in [1.54, 1.807) is 6.07 Å². The number of halogens is 3. The normalized spacial score (nSPS) is 12.1. The molecule has 98 valence electrons. The van der Waals surface area contributed by atoms with Gasteiger partial charge in [-0.05, 0) is 32.0 Å². The number of nitrogens with zero attached hydrogens (tertiary/aromatic N) is 1. The van der Waals surface area contributed by atoms with Crippen molar-refractivity contribution in [1.82, 2.24) is 0 Å². The summed E-state index contributed by atoms with van der Waals surface area (Å²) in [6, 6.07) is 4.92. The quantitative estimate of drug-likeness (QED) is 0.875. The molecule has 1 aromatic rings. The highest BCUT2D eigenvalue weighted by atomic mass is 19.4. The Labute approximate surface area is 103 Å². The summed E-state index contributed by atoms with van der Waals surface area (Å²) in [4.78, 5) is 0. The molecule has 3 N–H and O–H groups in total. The van der Waals surface area contributed by atoms with Crippen molar-refractivity contribution < 1.29 is 13.2 Å². The van der Waals surface area contributed by atoms with Gasteiger partial charge in [0.1, 0.15) is 0 Å². The van der Waals surface area contributed by atoms with Crippen LogP contribution in [0.2, 0.25) is 0 Å². The first-order valence-electron chi connectivity index (χ1n) is 5.29. The van der Waals surface area contributed by atoms with E-state index >= 15 is 0 Å². The molecule has 0 spiro atoms. The van der Waals surface area contributed by atoms with Gasteiger partial charge in [-0.15, -0.1) is 0 Å². The van der Waals surface area contributed by atoms with Crippen molar-refractivity contribution >= 4 is 5.69 Å². The molecule has 0 heterocycles. The predicted molar refractivity (Wildman–Crippen MR) is 62.9 cm³/mol. The minimum absolute atomic E-state index is 0.315. The van der Waals surface area contributed by atoms with Gasteiger partial charge in [0.05, 0.1) is 17.2 Å². The number of nitriles is 1. The minimum atomic E-state index is -4.52. The van der Waals surface area contributed by atoms with Crippen LogP contribution in [0.25, 0.3) is 0 Å². The van der Waals surface area contributed by atoms with Gasteiger partial charge in [-0.2, -0.15) is 18.4 Å². The van der Waals surface area contributed by atoms with Crippen molar-refractivity contribution in [2.75, 3.05) is 11.9 Å². The molecule has 0 bridgehead atoms. The average Bonchev–Trinajstić information content (AvgIpc) is 2.27. The zero-order valence-electron chi connectivity index (χ0n) is 10.1. The van der Waals surface area contributed by atoms with Crippen LogP contribution in [0, 0.1) is 11.3 Å². The second-order valence-corrected chi connectivity index (χ2v) is 4.58. The lowest BCUT2D eigenvalue weighted by Gasteiger charge is -2.26. The first-order valence-corrected chi connectivity index (χ1v) is 5.29. The van der Waals surface area contributed by atoms with Gasteiger partial charge in [0.2, 0.25) is 0 Å². The number of nitrogens with one attached hydrogen (secondary N) is 1. The lowest BCUT2D eigenvalue weighted by Crippen LogP contribution is -2.39. The number of anilines is 1. The highest BCUT2D eigenvalue weighted by Crippen LogP contribution is 2.33. The van der Waals surface area contributed by atoms with E-state index in [4.69, 9.17) is 11.0 Å². The molecule has 0 aliphatic rings. The fourth-order valence-electron chi connectivity index (χ4n) is 1.40. The van der Waals surface area contributed by atoms with E-state index in [0.29, 0.717) is 12.2 Å². The molecule has 0 saturated heterocycles. The summed E-state index contributed by atoms with van der Waals surface area (Å²) >= 11 is 0. The number of benzene rings is 1. The molecule has 0 aliphatic carbocycles. The summed E-state index contributed by atoms with van der Waals surface area (Å²) in [5.41, 5.74) is 4.17. The van der Waals surface area contributed by atoms with Gasteiger partial charge in [0.25, 0.3) is 0 Å². The molecule has 0 radical (unpaired) electrons. The van der Waals surface area contributed by atoms with E-state index < -0.39 is 22.8 Å². The van der Waals surface area contributed by atoms with Gasteiger partial charge in [-0.25, -0.2) is 0 Å². The maximum Gasteiger partial charge on any atom is 0.417 e. The Morgan fingerprint density at radius 2 is 1.94 bits per heavy atom. The molecule has 0 saturated carbocycles. The first kappa shape index (κ1) is 14.3. The largest absolute Gasteiger partial charge is 0.417 e. The van der Waals surface area contributed by atoms with E-state index in [-0.39, 0.29) is 0 Å². The molecule has 0 fully saturated rings. The maximum atomic E-state index is 12.6. The molecule has 1 rings (SSSR count). The second-order valence-electron chi connectivity index (χ2n) is 4.58. The molecular weight excluding hydrogens is 243 g/mol. The summed E-state index contributed by atoms with van der Waals surface area (Å²) in [5.74, 6) is 0. The van der Waals surface area contributed by atoms with Gasteiger partial charge in [0, 0.05) is 17.8 Å². The van der Waals surface area contributed by atoms with Crippen LogP contribution in [-0.2, 0) is 6.18 Å². The Morgan fingerprint density at radius 3 is 2.39 bits per heavy atom. The predicted octanol–water partition coefficient (Wildman–Crippen LogP) is 2.73. The maximum absolute atomic E-state index is 12.6. The molecule has 0 aromatic heterocycles. The molecule has 1 aromatic carbocycles. The van der Waals surface area contributed by atoms with Crippen molar-refractivity contribution in [3.05, 3.63) is 29.3 Å². The smallest absolute Gasteiger partial charge is 0.379 e. The number of alkyl halides is 3. The van der Waals surface area contributed by atoms with E-state index in [1.807, 2.05) is 13.8 Å². The van der Waals surface area contributed by atoms with Gasteiger partial charge in [0.15, 0.2) is 0 Å². The van der Waals surface area contributed by atoms with Crippen molar-refractivity contribution in [1.29, 1.82) is 5.26 Å². The monoisotopic (exact) mass is 257 g/mol. The van der Waals surface area contributed by atoms with Gasteiger partial charge in [-0.1, -0.05) is 0 Å². The Morgan fingerprint density at radius 1 is 1.33 bits per heavy atom. The molecule has 0 unspecified atom stereocenters. The third-order valence-corrected chi connectivity index (χ3v) is 2.44. The SMILES string of the molecule is CC(C)(CN)Nc1ccc(C(F)(F)F)c(C#N)c1. The molecular formula is C12H14F3N3. The highest BCUT2D eigenvalue weighted by molar-refractivity contribution is 5.54. The van der Waals surface area contributed by atoms with Crippen LogP contribution in [0.1, 0.15) is 25.0 Å². The third-order valence-electron chi connectivity index (χ3n) is 2.44. The van der Waals surface area contributed by atoms with Crippen molar-refractivity contribution in [2.24, 2.45) is 5.73 Å². The summed E-state index contributed by atoms with van der Waals surface area (Å²) < 4.78 is 37.7. The second kappa shape index (κ2) is 4.86. The highest BCUT2D eigenvalue weighted by Gasteiger charge is 2.33. The van der Waals surface area contributed by atoms with Gasteiger partial charge in [-0.3, -0.25) is 0 Å². The zero-order valence-corrected chi connectivity index (χ0v) is 10.1. The fraction of sp³-hybridized carbons (Fsp3) is 0.417. The number of hydrogen-bond donors (Lipinski definition) is 2. The fourth-order valence-corrected chi connectivity index (χ4v) is 1.40. The van der Waals surface area contributed by atoms with Crippen molar-refractivity contribution in [3.8, 4) is 6.07 Å². The molecule has 18 heavy (non-hydrogen) atoms. The van der Waals surface area contributed by atoms with Crippen LogP contribution in [0.3, 0.4) is 0 Å². The Balaban J connectivity index is 3.12. The minimum Gasteiger partial charge on any atom is -0.379 e. The van der Waals surface area contributed by atoms with Crippen LogP contribution >= 0.6 is 0 Å². The Kier molecular flexibility index (Phi) is 3.87. The first-order chi connectivity index (χ1) is 8.19. The number of hydrogen-bond acceptors (Lipinski definition) is 3. The van der Waals surface area contributed by atoms with Crippen LogP contribution in [0.5, 0.6) is 0 Å². The third kappa shape index (κ3) is 3.37. The van der Waals surface area contributed by atoms with Crippen LogP contribution in [-0.4, -0.2) is 12.1 Å². The lowest BCUT2D eigenvalue weighted by molar-refractivity contribution is -0.137. The van der Waals surface area contributed by atoms with E-state index in [2.05, 4.69) is 5.32 Å². The van der Waals surface area contributed by atoms with Crippen LogP contribution in [0.4, 0.5) is 18.9 Å². The van der Waals surface area contributed by atoms with Gasteiger partial charge >= 0.3 is 6.18 Å².